The number of benzene rings is 1. The summed E-state index contributed by atoms with van der Waals surface area (Å²) in [4.78, 5) is 11.9. The van der Waals surface area contributed by atoms with E-state index in [4.69, 9.17) is 10.8 Å². The third-order valence-electron chi connectivity index (χ3n) is 2.70. The summed E-state index contributed by atoms with van der Waals surface area (Å²) in [5.74, 6) is -1.41. The predicted octanol–water partition coefficient (Wildman–Crippen LogP) is 2.93. The Morgan fingerprint density at radius 2 is 2.11 bits per heavy atom. The number of aryl methyl sites for hydroxylation is 1. The van der Waals surface area contributed by atoms with Crippen molar-refractivity contribution >= 4 is 29.7 Å². The van der Waals surface area contributed by atoms with Gasteiger partial charge in [-0.05, 0) is 30.0 Å². The van der Waals surface area contributed by atoms with Gasteiger partial charge in [-0.1, -0.05) is 12.1 Å². The molecule has 1 heterocycles. The number of aromatic hydroxyl groups is 1. The Morgan fingerprint density at radius 1 is 1.42 bits per heavy atom. The Kier molecular flexibility index (Phi) is 4.94. The van der Waals surface area contributed by atoms with Gasteiger partial charge in [-0.3, -0.25) is 0 Å². The molecule has 19 heavy (non-hydrogen) atoms. The van der Waals surface area contributed by atoms with Crippen molar-refractivity contribution in [2.24, 2.45) is 5.73 Å². The third kappa shape index (κ3) is 3.07. The Hall–Kier alpha value is -1.56. The van der Waals surface area contributed by atoms with Crippen LogP contribution in [0, 0.1) is 6.92 Å². The van der Waals surface area contributed by atoms with Crippen LogP contribution in [0.25, 0.3) is 0 Å². The number of thiophene rings is 1. The van der Waals surface area contributed by atoms with Crippen LogP contribution in [0.2, 0.25) is 0 Å². The minimum atomic E-state index is -1.16. The standard InChI is InChI=1S/C13H13NO3S.ClH/c1-7-5-8(11(14)10-3-2-4-18-10)12(15)9(6-7)13(16)17;/h2-6,11,15H,14H2,1H3,(H,16,17);1H/t11-;/m1./s1. The van der Waals surface area contributed by atoms with Gasteiger partial charge in [0.25, 0.3) is 0 Å². The van der Waals surface area contributed by atoms with Gasteiger partial charge in [-0.2, -0.15) is 0 Å². The molecule has 1 atom stereocenters. The molecule has 0 saturated heterocycles. The predicted molar refractivity (Wildman–Crippen MR) is 77.4 cm³/mol. The highest BCUT2D eigenvalue weighted by molar-refractivity contribution is 7.10. The number of carboxylic acid groups (broad SMARTS) is 1. The van der Waals surface area contributed by atoms with Crippen molar-refractivity contribution in [2.75, 3.05) is 0 Å². The number of hydrogen-bond donors (Lipinski definition) is 3. The number of hydrogen-bond acceptors (Lipinski definition) is 4. The maximum absolute atomic E-state index is 11.0. The molecule has 0 fully saturated rings. The zero-order chi connectivity index (χ0) is 13.3. The van der Waals surface area contributed by atoms with Gasteiger partial charge < -0.3 is 15.9 Å². The highest BCUT2D eigenvalue weighted by Gasteiger charge is 2.20. The molecule has 2 rings (SSSR count). The number of phenols is 1. The van der Waals surface area contributed by atoms with Crippen LogP contribution in [-0.4, -0.2) is 16.2 Å². The lowest BCUT2D eigenvalue weighted by molar-refractivity contribution is 0.0693. The molecular formula is C13H14ClNO3S. The summed E-state index contributed by atoms with van der Waals surface area (Å²) in [7, 11) is 0. The Morgan fingerprint density at radius 3 is 2.63 bits per heavy atom. The van der Waals surface area contributed by atoms with Crippen molar-refractivity contribution < 1.29 is 15.0 Å². The van der Waals surface area contributed by atoms with Crippen LogP contribution in [0.4, 0.5) is 0 Å². The van der Waals surface area contributed by atoms with E-state index in [1.54, 1.807) is 13.0 Å². The number of aromatic carboxylic acids is 1. The van der Waals surface area contributed by atoms with Gasteiger partial charge in [-0.25, -0.2) is 4.79 Å². The molecule has 0 unspecified atom stereocenters. The topological polar surface area (TPSA) is 83.5 Å². The number of rotatable bonds is 3. The van der Waals surface area contributed by atoms with E-state index < -0.39 is 12.0 Å². The number of carboxylic acids is 1. The number of carbonyl (C=O) groups is 1. The van der Waals surface area contributed by atoms with Crippen LogP contribution in [-0.2, 0) is 0 Å². The van der Waals surface area contributed by atoms with Crippen molar-refractivity contribution in [1.82, 2.24) is 0 Å². The molecule has 102 valence electrons. The van der Waals surface area contributed by atoms with Gasteiger partial charge >= 0.3 is 5.97 Å². The maximum atomic E-state index is 11.0. The van der Waals surface area contributed by atoms with Gasteiger partial charge in [0, 0.05) is 10.4 Å². The van der Waals surface area contributed by atoms with Gasteiger partial charge in [0.2, 0.25) is 0 Å². The molecule has 0 spiro atoms. The number of halogens is 1. The minimum Gasteiger partial charge on any atom is -0.507 e. The maximum Gasteiger partial charge on any atom is 0.339 e. The molecule has 4 N–H and O–H groups in total. The van der Waals surface area contributed by atoms with E-state index in [0.717, 1.165) is 10.4 Å². The minimum absolute atomic E-state index is 0. The summed E-state index contributed by atoms with van der Waals surface area (Å²) >= 11 is 1.47. The average molecular weight is 300 g/mol. The Balaban J connectivity index is 0.00000180. The molecule has 1 aromatic carbocycles. The van der Waals surface area contributed by atoms with Gasteiger partial charge in [0.15, 0.2) is 0 Å². The highest BCUT2D eigenvalue weighted by atomic mass is 35.5. The first kappa shape index (κ1) is 15.5. The fourth-order valence-electron chi connectivity index (χ4n) is 1.83. The summed E-state index contributed by atoms with van der Waals surface area (Å²) in [6, 6.07) is 6.36. The molecule has 0 bridgehead atoms. The van der Waals surface area contributed by atoms with Crippen molar-refractivity contribution in [3.8, 4) is 5.75 Å². The first-order chi connectivity index (χ1) is 8.50. The van der Waals surface area contributed by atoms with Crippen LogP contribution >= 0.6 is 23.7 Å². The second-order valence-electron chi connectivity index (χ2n) is 4.05. The van der Waals surface area contributed by atoms with E-state index in [9.17, 15) is 9.90 Å². The molecule has 4 nitrogen and oxygen atoms in total. The quantitative estimate of drug-likeness (QED) is 0.813. The Labute approximate surface area is 120 Å². The third-order valence-corrected chi connectivity index (χ3v) is 3.65. The van der Waals surface area contributed by atoms with Crippen molar-refractivity contribution in [2.45, 2.75) is 13.0 Å². The van der Waals surface area contributed by atoms with Crippen LogP contribution in [0.5, 0.6) is 5.75 Å². The zero-order valence-corrected chi connectivity index (χ0v) is 11.8. The van der Waals surface area contributed by atoms with Crippen LogP contribution < -0.4 is 5.73 Å². The smallest absolute Gasteiger partial charge is 0.339 e. The second kappa shape index (κ2) is 6.06. The molecule has 0 amide bonds. The largest absolute Gasteiger partial charge is 0.507 e. The van der Waals surface area contributed by atoms with Crippen LogP contribution in [0.3, 0.4) is 0 Å². The normalized spacial score (nSPS) is 11.7. The van der Waals surface area contributed by atoms with E-state index in [1.807, 2.05) is 17.5 Å². The molecule has 0 aliphatic rings. The van der Waals surface area contributed by atoms with E-state index in [0.29, 0.717) is 5.56 Å². The lowest BCUT2D eigenvalue weighted by atomic mass is 9.98. The van der Waals surface area contributed by atoms with E-state index in [-0.39, 0.29) is 23.7 Å². The zero-order valence-electron chi connectivity index (χ0n) is 10.2. The average Bonchev–Trinajstić information content (AvgIpc) is 2.84. The first-order valence-corrected chi connectivity index (χ1v) is 6.24. The summed E-state index contributed by atoms with van der Waals surface area (Å²) in [6.45, 7) is 1.77. The highest BCUT2D eigenvalue weighted by Crippen LogP contribution is 2.33. The molecule has 0 aliphatic heterocycles. The molecule has 6 heteroatoms. The lowest BCUT2D eigenvalue weighted by Crippen LogP contribution is -2.12. The van der Waals surface area contributed by atoms with Gasteiger partial charge in [0.1, 0.15) is 11.3 Å². The van der Waals surface area contributed by atoms with E-state index in [2.05, 4.69) is 0 Å². The van der Waals surface area contributed by atoms with Crippen LogP contribution in [0.15, 0.2) is 29.6 Å². The second-order valence-corrected chi connectivity index (χ2v) is 5.03. The lowest BCUT2D eigenvalue weighted by Gasteiger charge is -2.14. The van der Waals surface area contributed by atoms with E-state index in [1.165, 1.54) is 17.4 Å². The van der Waals surface area contributed by atoms with Crippen molar-refractivity contribution in [3.05, 3.63) is 51.2 Å². The molecule has 0 saturated carbocycles. The van der Waals surface area contributed by atoms with Crippen molar-refractivity contribution in [1.29, 1.82) is 0 Å². The monoisotopic (exact) mass is 299 g/mol. The van der Waals surface area contributed by atoms with Gasteiger partial charge in [-0.15, -0.1) is 23.7 Å². The fraction of sp³-hybridized carbons (Fsp3) is 0.154. The molecule has 2 aromatic rings. The van der Waals surface area contributed by atoms with Gasteiger partial charge in [0.05, 0.1) is 6.04 Å². The summed E-state index contributed by atoms with van der Waals surface area (Å²) < 4.78 is 0. The Bertz CT molecular complexity index is 584. The molecule has 0 aliphatic carbocycles. The molecular weight excluding hydrogens is 286 g/mol. The first-order valence-electron chi connectivity index (χ1n) is 5.36. The van der Waals surface area contributed by atoms with Crippen molar-refractivity contribution in [3.63, 3.8) is 0 Å². The summed E-state index contributed by atoms with van der Waals surface area (Å²) in [6.07, 6.45) is 0. The SMILES string of the molecule is Cc1cc(C(=O)O)c(O)c([C@@H](N)c2cccs2)c1.Cl. The molecule has 1 aromatic heterocycles. The fourth-order valence-corrected chi connectivity index (χ4v) is 2.57. The summed E-state index contributed by atoms with van der Waals surface area (Å²) in [5.41, 5.74) is 7.14. The van der Waals surface area contributed by atoms with Crippen LogP contribution in [0.1, 0.15) is 32.4 Å². The number of nitrogens with two attached hydrogens (primary N) is 1. The summed E-state index contributed by atoms with van der Waals surface area (Å²) in [5, 5.41) is 20.9. The molecule has 0 radical (unpaired) electrons. The van der Waals surface area contributed by atoms with E-state index >= 15 is 0 Å².